The van der Waals surface area contributed by atoms with Crippen LogP contribution in [0, 0.1) is 17.7 Å². The lowest BCUT2D eigenvalue weighted by Gasteiger charge is -2.40. The molecule has 2 aromatic rings. The quantitative estimate of drug-likeness (QED) is 0.514. The Kier molecular flexibility index (Phi) is 6.89. The van der Waals surface area contributed by atoms with E-state index in [0.29, 0.717) is 12.5 Å². The van der Waals surface area contributed by atoms with Crippen molar-refractivity contribution in [3.63, 3.8) is 0 Å². The van der Waals surface area contributed by atoms with Gasteiger partial charge in [0.25, 0.3) is 0 Å². The van der Waals surface area contributed by atoms with Crippen LogP contribution in [-0.2, 0) is 21.4 Å². The van der Waals surface area contributed by atoms with E-state index in [0.717, 1.165) is 43.8 Å². The van der Waals surface area contributed by atoms with Gasteiger partial charge < -0.3 is 9.47 Å². The fraction of sp³-hybridized carbons (Fsp3) is 0.464. The first-order valence-electron chi connectivity index (χ1n) is 11.7. The lowest BCUT2D eigenvalue weighted by Crippen LogP contribution is -2.51. The van der Waals surface area contributed by atoms with Crippen LogP contribution in [0.4, 0.5) is 4.39 Å². The fourth-order valence-corrected chi connectivity index (χ4v) is 4.99. The molecule has 0 radical (unpaired) electrons. The second kappa shape index (κ2) is 9.68. The lowest BCUT2D eigenvalue weighted by atomic mass is 9.72. The summed E-state index contributed by atoms with van der Waals surface area (Å²) in [6, 6.07) is 13.1. The molecule has 1 saturated heterocycles. The van der Waals surface area contributed by atoms with Gasteiger partial charge in [-0.3, -0.25) is 9.69 Å². The minimum absolute atomic E-state index is 0.0182. The van der Waals surface area contributed by atoms with E-state index in [9.17, 15) is 9.18 Å². The van der Waals surface area contributed by atoms with Crippen LogP contribution in [0.15, 0.2) is 48.0 Å². The predicted molar refractivity (Wildman–Crippen MR) is 129 cm³/mol. The Morgan fingerprint density at radius 2 is 1.91 bits per heavy atom. The number of carbonyl (C=O) groups excluding carboxylic acids is 1. The molecule has 0 saturated carbocycles. The first-order valence-corrected chi connectivity index (χ1v) is 11.7. The molecule has 1 fully saturated rings. The van der Waals surface area contributed by atoms with Crippen molar-refractivity contribution in [3.8, 4) is 5.75 Å². The summed E-state index contributed by atoms with van der Waals surface area (Å²) in [7, 11) is 1.46. The Morgan fingerprint density at radius 1 is 1.18 bits per heavy atom. The van der Waals surface area contributed by atoms with Crippen molar-refractivity contribution >= 4 is 12.0 Å². The van der Waals surface area contributed by atoms with Gasteiger partial charge in [0.1, 0.15) is 11.6 Å². The summed E-state index contributed by atoms with van der Waals surface area (Å²) in [6.07, 6.45) is 4.15. The normalized spacial score (nSPS) is 18.6. The summed E-state index contributed by atoms with van der Waals surface area (Å²) in [5, 5.41) is 0. The van der Waals surface area contributed by atoms with Crippen LogP contribution in [0.5, 0.6) is 5.75 Å². The molecule has 1 aliphatic heterocycles. The maximum absolute atomic E-state index is 13.1. The zero-order valence-corrected chi connectivity index (χ0v) is 20.1. The highest BCUT2D eigenvalue weighted by molar-refractivity contribution is 5.74. The molecular weight excluding hydrogens is 417 g/mol. The molecule has 0 bridgehead atoms. The largest absolute Gasteiger partial charge is 0.493 e. The Morgan fingerprint density at radius 3 is 2.61 bits per heavy atom. The van der Waals surface area contributed by atoms with Crippen LogP contribution in [-0.4, -0.2) is 44.2 Å². The number of carbonyl (C=O) groups is 1. The van der Waals surface area contributed by atoms with E-state index in [4.69, 9.17) is 9.47 Å². The summed E-state index contributed by atoms with van der Waals surface area (Å²) in [5.41, 5.74) is 5.10. The van der Waals surface area contributed by atoms with Crippen LogP contribution in [0.25, 0.3) is 6.08 Å². The maximum Gasteiger partial charge on any atom is 0.311 e. The van der Waals surface area contributed by atoms with E-state index >= 15 is 0 Å². The summed E-state index contributed by atoms with van der Waals surface area (Å²) in [6.45, 7) is 9.80. The molecule has 1 heterocycles. The van der Waals surface area contributed by atoms with E-state index in [1.807, 2.05) is 12.1 Å². The monoisotopic (exact) mass is 451 g/mol. The van der Waals surface area contributed by atoms with Gasteiger partial charge in [0.15, 0.2) is 0 Å². The first-order chi connectivity index (χ1) is 15.7. The third-order valence-electron chi connectivity index (χ3n) is 6.73. The average Bonchev–Trinajstić information content (AvgIpc) is 2.75. The number of halogens is 1. The van der Waals surface area contributed by atoms with Gasteiger partial charge in [-0.05, 0) is 65.1 Å². The van der Waals surface area contributed by atoms with Gasteiger partial charge in [0.2, 0.25) is 0 Å². The van der Waals surface area contributed by atoms with Gasteiger partial charge in [-0.15, -0.1) is 0 Å². The SMILES string of the molecule is COC(=O)C1CN(CC2=Cc3ccc(OC[C@@H](C)Cc4ccc(F)cc4)cc3C(C)(C)C2)C1. The first kappa shape index (κ1) is 23.5. The molecular formula is C28H34FNO3. The molecule has 0 amide bonds. The second-order valence-corrected chi connectivity index (χ2v) is 10.3. The van der Waals surface area contributed by atoms with E-state index in [1.54, 1.807) is 0 Å². The van der Waals surface area contributed by atoms with Crippen molar-refractivity contribution in [1.29, 1.82) is 0 Å². The summed E-state index contributed by atoms with van der Waals surface area (Å²) < 4.78 is 24.1. The number of nitrogens with zero attached hydrogens (tertiary/aromatic N) is 1. The van der Waals surface area contributed by atoms with Gasteiger partial charge in [0, 0.05) is 19.6 Å². The van der Waals surface area contributed by atoms with Crippen LogP contribution in [0.1, 0.15) is 43.9 Å². The second-order valence-electron chi connectivity index (χ2n) is 10.3. The molecule has 5 heteroatoms. The third-order valence-corrected chi connectivity index (χ3v) is 6.73. The zero-order valence-electron chi connectivity index (χ0n) is 20.1. The Hall–Kier alpha value is -2.66. The van der Waals surface area contributed by atoms with Crippen LogP contribution in [0.2, 0.25) is 0 Å². The number of fused-ring (bicyclic) bond motifs is 1. The van der Waals surface area contributed by atoms with E-state index in [2.05, 4.69) is 49.9 Å². The van der Waals surface area contributed by atoms with Crippen LogP contribution in [0.3, 0.4) is 0 Å². The summed E-state index contributed by atoms with van der Waals surface area (Å²) in [4.78, 5) is 14.0. The number of rotatable bonds is 8. The highest BCUT2D eigenvalue weighted by Gasteiger charge is 2.35. The number of ether oxygens (including phenoxy) is 2. The Bertz CT molecular complexity index is 1020. The molecule has 0 spiro atoms. The molecule has 2 aromatic carbocycles. The van der Waals surface area contributed by atoms with Crippen LogP contribution < -0.4 is 4.74 Å². The minimum Gasteiger partial charge on any atom is -0.493 e. The minimum atomic E-state index is -0.202. The van der Waals surface area contributed by atoms with Gasteiger partial charge in [-0.2, -0.15) is 0 Å². The average molecular weight is 452 g/mol. The van der Waals surface area contributed by atoms with Gasteiger partial charge in [-0.25, -0.2) is 4.39 Å². The van der Waals surface area contributed by atoms with Crippen LogP contribution >= 0.6 is 0 Å². The molecule has 2 aliphatic rings. The standard InChI is InChI=1S/C28H34FNO3/c1-19(11-20-5-8-24(29)9-6-20)18-33-25-10-7-22-12-21(14-28(2,3)26(22)13-25)15-30-16-23(17-30)27(31)32-4/h5-10,12-13,19,23H,11,14-18H2,1-4H3/t19-/m0/s1. The lowest BCUT2D eigenvalue weighted by molar-refractivity contribution is -0.151. The Labute approximate surface area is 196 Å². The van der Waals surface area contributed by atoms with Crippen molar-refractivity contribution in [2.45, 2.75) is 39.0 Å². The number of esters is 1. The topological polar surface area (TPSA) is 38.8 Å². The molecule has 1 atom stereocenters. The Balaban J connectivity index is 1.36. The molecule has 4 rings (SSSR count). The number of methoxy groups -OCH3 is 1. The number of hydrogen-bond acceptors (Lipinski definition) is 4. The zero-order chi connectivity index (χ0) is 23.6. The van der Waals surface area contributed by atoms with Crippen molar-refractivity contribution in [1.82, 2.24) is 4.90 Å². The molecule has 176 valence electrons. The third kappa shape index (κ3) is 5.64. The van der Waals surface area contributed by atoms with Gasteiger partial charge >= 0.3 is 5.97 Å². The fourth-order valence-electron chi connectivity index (χ4n) is 4.99. The molecule has 0 aromatic heterocycles. The molecule has 33 heavy (non-hydrogen) atoms. The highest BCUT2D eigenvalue weighted by Crippen LogP contribution is 2.40. The van der Waals surface area contributed by atoms with E-state index < -0.39 is 0 Å². The predicted octanol–water partition coefficient (Wildman–Crippen LogP) is 5.25. The van der Waals surface area contributed by atoms with Gasteiger partial charge in [-0.1, -0.05) is 50.6 Å². The molecule has 4 nitrogen and oxygen atoms in total. The smallest absolute Gasteiger partial charge is 0.311 e. The molecule has 1 aliphatic carbocycles. The van der Waals surface area contributed by atoms with Crippen molar-refractivity contribution in [2.75, 3.05) is 33.4 Å². The van der Waals surface area contributed by atoms with E-state index in [-0.39, 0.29) is 23.1 Å². The highest BCUT2D eigenvalue weighted by atomic mass is 19.1. The summed E-state index contributed by atoms with van der Waals surface area (Å²) in [5.74, 6) is 0.940. The van der Waals surface area contributed by atoms with Crippen molar-refractivity contribution in [3.05, 3.63) is 70.5 Å². The molecule has 0 N–H and O–H groups in total. The number of benzene rings is 2. The van der Waals surface area contributed by atoms with E-state index in [1.165, 1.54) is 35.9 Å². The number of likely N-dealkylation sites (tertiary alicyclic amines) is 1. The van der Waals surface area contributed by atoms with Gasteiger partial charge in [0.05, 0.1) is 19.6 Å². The van der Waals surface area contributed by atoms with Crippen molar-refractivity contribution in [2.24, 2.45) is 11.8 Å². The number of hydrogen-bond donors (Lipinski definition) is 0. The van der Waals surface area contributed by atoms with Crippen molar-refractivity contribution < 1.29 is 18.7 Å². The summed E-state index contributed by atoms with van der Waals surface area (Å²) >= 11 is 0. The molecule has 0 unspecified atom stereocenters. The maximum atomic E-state index is 13.1.